The predicted molar refractivity (Wildman–Crippen MR) is 87.4 cm³/mol. The largest absolute Gasteiger partial charge is 0.354 e. The minimum absolute atomic E-state index is 0.0535. The van der Waals surface area contributed by atoms with Crippen LogP contribution in [0.3, 0.4) is 0 Å². The first-order chi connectivity index (χ1) is 11.0. The molecule has 1 saturated heterocycles. The third-order valence-corrected chi connectivity index (χ3v) is 4.19. The fourth-order valence-electron chi connectivity index (χ4n) is 2.56. The normalized spacial score (nSPS) is 18.7. The van der Waals surface area contributed by atoms with Crippen molar-refractivity contribution in [2.24, 2.45) is 0 Å². The summed E-state index contributed by atoms with van der Waals surface area (Å²) in [6.07, 6.45) is 2.25. The first-order valence-corrected chi connectivity index (χ1v) is 7.82. The number of aromatic amines is 1. The maximum atomic E-state index is 13.3. The summed E-state index contributed by atoms with van der Waals surface area (Å²) in [5, 5.41) is 3.43. The summed E-state index contributed by atoms with van der Waals surface area (Å²) in [4.78, 5) is 24.7. The Morgan fingerprint density at radius 2 is 2.26 bits per heavy atom. The molecule has 0 spiro atoms. The molecule has 1 aliphatic heterocycles. The molecule has 3 rings (SSSR count). The quantitative estimate of drug-likeness (QED) is 0.818. The van der Waals surface area contributed by atoms with Crippen LogP contribution in [-0.2, 0) is 0 Å². The lowest BCUT2D eigenvalue weighted by molar-refractivity contribution is 0.566. The molecular formula is C15H17ClFN5O. The smallest absolute Gasteiger partial charge is 0.272 e. The van der Waals surface area contributed by atoms with Gasteiger partial charge in [0.2, 0.25) is 5.95 Å². The number of halogens is 2. The number of nitrogens with zero attached hydrogens (tertiary/aromatic N) is 3. The molecule has 0 aromatic carbocycles. The summed E-state index contributed by atoms with van der Waals surface area (Å²) in [6, 6.07) is 3.21. The van der Waals surface area contributed by atoms with E-state index in [1.165, 1.54) is 12.3 Å². The van der Waals surface area contributed by atoms with Gasteiger partial charge in [0, 0.05) is 43.5 Å². The van der Waals surface area contributed by atoms with Crippen molar-refractivity contribution >= 4 is 17.4 Å². The van der Waals surface area contributed by atoms with E-state index >= 15 is 0 Å². The van der Waals surface area contributed by atoms with E-state index in [9.17, 15) is 9.18 Å². The van der Waals surface area contributed by atoms with Crippen molar-refractivity contribution in [1.82, 2.24) is 20.3 Å². The molecule has 122 valence electrons. The van der Waals surface area contributed by atoms with Gasteiger partial charge in [-0.1, -0.05) is 11.6 Å². The average Bonchev–Trinajstić information content (AvgIpc) is 2.74. The zero-order valence-corrected chi connectivity index (χ0v) is 13.4. The summed E-state index contributed by atoms with van der Waals surface area (Å²) < 4.78 is 13.3. The van der Waals surface area contributed by atoms with Crippen molar-refractivity contribution in [3.63, 3.8) is 0 Å². The highest BCUT2D eigenvalue weighted by Crippen LogP contribution is 2.24. The van der Waals surface area contributed by atoms with Gasteiger partial charge in [-0.2, -0.15) is 4.39 Å². The monoisotopic (exact) mass is 337 g/mol. The molecular weight excluding hydrogens is 321 g/mol. The standard InChI is InChI=1S/C15H17ClFN5O/c1-9-3-6-22(7-5-18-9)14-12(16)15(23)21-13(20-14)10-2-4-19-11(17)8-10/h2,4,8-9,18H,3,5-7H2,1H3,(H,20,21,23). The van der Waals surface area contributed by atoms with Crippen molar-refractivity contribution < 1.29 is 4.39 Å². The molecule has 0 radical (unpaired) electrons. The van der Waals surface area contributed by atoms with E-state index in [0.717, 1.165) is 19.5 Å². The second-order valence-electron chi connectivity index (χ2n) is 5.55. The van der Waals surface area contributed by atoms with E-state index in [-0.39, 0.29) is 10.8 Å². The minimum Gasteiger partial charge on any atom is -0.354 e. The van der Waals surface area contributed by atoms with Crippen molar-refractivity contribution in [3.8, 4) is 11.4 Å². The predicted octanol–water partition coefficient (Wildman–Crippen LogP) is 1.81. The van der Waals surface area contributed by atoms with Crippen LogP contribution in [0, 0.1) is 5.95 Å². The van der Waals surface area contributed by atoms with Crippen LogP contribution < -0.4 is 15.8 Å². The summed E-state index contributed by atoms with van der Waals surface area (Å²) in [7, 11) is 0. The molecule has 0 amide bonds. The lowest BCUT2D eigenvalue weighted by Gasteiger charge is -2.22. The van der Waals surface area contributed by atoms with E-state index in [4.69, 9.17) is 11.6 Å². The second-order valence-corrected chi connectivity index (χ2v) is 5.93. The van der Waals surface area contributed by atoms with Crippen LogP contribution in [0.2, 0.25) is 5.02 Å². The number of pyridine rings is 1. The molecule has 1 fully saturated rings. The molecule has 1 unspecified atom stereocenters. The molecule has 2 N–H and O–H groups in total. The molecule has 23 heavy (non-hydrogen) atoms. The SMILES string of the molecule is CC1CCN(c2nc(-c3ccnc(F)c3)[nH]c(=O)c2Cl)CCN1. The minimum atomic E-state index is -0.630. The van der Waals surface area contributed by atoms with Crippen LogP contribution in [0.1, 0.15) is 13.3 Å². The molecule has 6 nitrogen and oxygen atoms in total. The second kappa shape index (κ2) is 6.64. The average molecular weight is 338 g/mol. The Balaban J connectivity index is 2.02. The molecule has 1 atom stereocenters. The number of hydrogen-bond donors (Lipinski definition) is 2. The Bertz CT molecular complexity index is 766. The number of aromatic nitrogens is 3. The highest BCUT2D eigenvalue weighted by atomic mass is 35.5. The van der Waals surface area contributed by atoms with Gasteiger partial charge >= 0.3 is 0 Å². The summed E-state index contributed by atoms with van der Waals surface area (Å²) in [5.41, 5.74) is 0.0166. The topological polar surface area (TPSA) is 73.9 Å². The molecule has 0 aliphatic carbocycles. The van der Waals surface area contributed by atoms with Crippen LogP contribution in [0.25, 0.3) is 11.4 Å². The van der Waals surface area contributed by atoms with Crippen LogP contribution >= 0.6 is 11.6 Å². The number of nitrogens with one attached hydrogen (secondary N) is 2. The Labute approximate surface area is 137 Å². The molecule has 0 bridgehead atoms. The van der Waals surface area contributed by atoms with Crippen molar-refractivity contribution in [2.45, 2.75) is 19.4 Å². The highest BCUT2D eigenvalue weighted by Gasteiger charge is 2.20. The van der Waals surface area contributed by atoms with Crippen LogP contribution in [-0.4, -0.2) is 40.6 Å². The molecule has 1 aliphatic rings. The zero-order valence-electron chi connectivity index (χ0n) is 12.6. The Kier molecular flexibility index (Phi) is 4.58. The van der Waals surface area contributed by atoms with Gasteiger partial charge in [0.25, 0.3) is 5.56 Å². The number of hydrogen-bond acceptors (Lipinski definition) is 5. The van der Waals surface area contributed by atoms with Crippen molar-refractivity contribution in [3.05, 3.63) is 39.7 Å². The first kappa shape index (κ1) is 15.9. The van der Waals surface area contributed by atoms with E-state index in [1.807, 2.05) is 4.90 Å². The van der Waals surface area contributed by atoms with Crippen LogP contribution in [0.15, 0.2) is 23.1 Å². The van der Waals surface area contributed by atoms with Gasteiger partial charge in [0.1, 0.15) is 10.8 Å². The van der Waals surface area contributed by atoms with Gasteiger partial charge in [0.15, 0.2) is 5.82 Å². The molecule has 0 saturated carbocycles. The van der Waals surface area contributed by atoms with Crippen LogP contribution in [0.5, 0.6) is 0 Å². The third-order valence-electron chi connectivity index (χ3n) is 3.85. The van der Waals surface area contributed by atoms with E-state index in [2.05, 4.69) is 27.2 Å². The summed E-state index contributed by atoms with van der Waals surface area (Å²) in [6.45, 7) is 4.34. The zero-order chi connectivity index (χ0) is 16.4. The van der Waals surface area contributed by atoms with Gasteiger partial charge < -0.3 is 15.2 Å². The maximum absolute atomic E-state index is 13.3. The molecule has 2 aromatic rings. The van der Waals surface area contributed by atoms with E-state index < -0.39 is 11.5 Å². The number of H-pyrrole nitrogens is 1. The lowest BCUT2D eigenvalue weighted by Crippen LogP contribution is -2.31. The fourth-order valence-corrected chi connectivity index (χ4v) is 2.77. The van der Waals surface area contributed by atoms with Gasteiger partial charge in [-0.25, -0.2) is 9.97 Å². The van der Waals surface area contributed by atoms with Gasteiger partial charge in [-0.05, 0) is 19.4 Å². The maximum Gasteiger partial charge on any atom is 0.272 e. The van der Waals surface area contributed by atoms with E-state index in [0.29, 0.717) is 24.0 Å². The molecule has 2 aromatic heterocycles. The first-order valence-electron chi connectivity index (χ1n) is 7.44. The Hall–Kier alpha value is -1.99. The highest BCUT2D eigenvalue weighted by molar-refractivity contribution is 6.32. The lowest BCUT2D eigenvalue weighted by atomic mass is 10.2. The number of anilines is 1. The Morgan fingerprint density at radius 3 is 3.04 bits per heavy atom. The molecule has 3 heterocycles. The number of rotatable bonds is 2. The van der Waals surface area contributed by atoms with E-state index in [1.54, 1.807) is 6.07 Å². The fraction of sp³-hybridized carbons (Fsp3) is 0.400. The van der Waals surface area contributed by atoms with Gasteiger partial charge in [-0.15, -0.1) is 0 Å². The third kappa shape index (κ3) is 3.51. The van der Waals surface area contributed by atoms with Gasteiger partial charge in [0.05, 0.1) is 0 Å². The molecule has 8 heteroatoms. The van der Waals surface area contributed by atoms with Crippen molar-refractivity contribution in [2.75, 3.05) is 24.5 Å². The Morgan fingerprint density at radius 1 is 1.43 bits per heavy atom. The summed E-state index contributed by atoms with van der Waals surface area (Å²) >= 11 is 6.15. The summed E-state index contributed by atoms with van der Waals surface area (Å²) in [5.74, 6) is 0.0777. The van der Waals surface area contributed by atoms with Gasteiger partial charge in [-0.3, -0.25) is 4.79 Å². The van der Waals surface area contributed by atoms with Crippen LogP contribution in [0.4, 0.5) is 10.2 Å². The van der Waals surface area contributed by atoms with Crippen molar-refractivity contribution in [1.29, 1.82) is 0 Å².